The highest BCUT2D eigenvalue weighted by atomic mass is 32.1. The first-order valence-electron chi connectivity index (χ1n) is 9.03. The quantitative estimate of drug-likeness (QED) is 0.707. The van der Waals surface area contributed by atoms with E-state index < -0.39 is 0 Å². The summed E-state index contributed by atoms with van der Waals surface area (Å²) < 4.78 is 1.99. The fraction of sp³-hybridized carbons (Fsp3) is 0.316. The Morgan fingerprint density at radius 1 is 1.22 bits per heavy atom. The molecule has 2 N–H and O–H groups in total. The molecule has 0 radical (unpaired) electrons. The summed E-state index contributed by atoms with van der Waals surface area (Å²) >= 11 is 1.64. The Hall–Kier alpha value is -2.87. The number of carbonyl (C=O) groups is 1. The molecule has 4 rings (SSSR count). The summed E-state index contributed by atoms with van der Waals surface area (Å²) in [4.78, 5) is 23.3. The molecule has 0 atom stereocenters. The van der Waals surface area contributed by atoms with Crippen LogP contribution >= 0.6 is 11.3 Å². The van der Waals surface area contributed by atoms with Crippen molar-refractivity contribution in [2.45, 2.75) is 26.3 Å². The molecule has 27 heavy (non-hydrogen) atoms. The van der Waals surface area contributed by atoms with Crippen molar-refractivity contribution in [3.8, 4) is 5.69 Å². The summed E-state index contributed by atoms with van der Waals surface area (Å²) in [5.74, 6) is 0.921. The number of hydrogen-bond acceptors (Lipinski definition) is 5. The second-order valence-electron chi connectivity index (χ2n) is 6.51. The number of benzene rings is 1. The van der Waals surface area contributed by atoms with Crippen LogP contribution in [0.4, 0.5) is 15.6 Å². The first kappa shape index (κ1) is 17.5. The van der Waals surface area contributed by atoms with Gasteiger partial charge >= 0.3 is 6.03 Å². The molecular formula is C19H22N6OS. The molecule has 1 aromatic carbocycles. The lowest BCUT2D eigenvalue weighted by Crippen LogP contribution is -2.28. The molecule has 2 amide bonds. The average Bonchev–Trinajstić information content (AvgIpc) is 3.42. The molecule has 2 aromatic heterocycles. The fourth-order valence-corrected chi connectivity index (χ4v) is 4.01. The summed E-state index contributed by atoms with van der Waals surface area (Å²) in [6.45, 7) is 4.53. The molecule has 140 valence electrons. The number of hydrogen-bond donors (Lipinski definition) is 2. The molecule has 0 saturated carbocycles. The smallest absolute Gasteiger partial charge is 0.319 e. The lowest BCUT2D eigenvalue weighted by atomic mass is 10.2. The number of amides is 2. The number of imidazole rings is 1. The third-order valence-electron chi connectivity index (χ3n) is 4.58. The highest BCUT2D eigenvalue weighted by molar-refractivity contribution is 7.13. The Bertz CT molecular complexity index is 910. The van der Waals surface area contributed by atoms with E-state index in [9.17, 15) is 4.79 Å². The molecule has 1 saturated heterocycles. The molecular weight excluding hydrogens is 360 g/mol. The number of aromatic nitrogens is 3. The SMILES string of the molecule is Cc1nccn1-c1ccc(NC(=O)NCc2csc(N3CCCC3)n2)cc1. The Balaban J connectivity index is 1.30. The molecule has 0 bridgehead atoms. The van der Waals surface area contributed by atoms with Crippen LogP contribution in [0.2, 0.25) is 0 Å². The van der Waals surface area contributed by atoms with Gasteiger partial charge in [-0.2, -0.15) is 0 Å². The summed E-state index contributed by atoms with van der Waals surface area (Å²) in [5, 5.41) is 8.78. The molecule has 1 aliphatic heterocycles. The van der Waals surface area contributed by atoms with Crippen molar-refractivity contribution in [3.05, 3.63) is 53.6 Å². The monoisotopic (exact) mass is 382 g/mol. The standard InChI is InChI=1S/C19H22N6OS/c1-14-20-8-11-25(14)17-6-4-15(5-7-17)22-18(26)21-12-16-13-27-19(23-16)24-9-2-3-10-24/h4-8,11,13H,2-3,9-10,12H2,1H3,(H2,21,22,26). The van der Waals surface area contributed by atoms with Crippen LogP contribution < -0.4 is 15.5 Å². The first-order valence-corrected chi connectivity index (χ1v) is 9.91. The van der Waals surface area contributed by atoms with E-state index in [2.05, 4.69) is 25.5 Å². The van der Waals surface area contributed by atoms with Crippen LogP contribution in [-0.2, 0) is 6.54 Å². The number of rotatable bonds is 5. The van der Waals surface area contributed by atoms with Crippen LogP contribution in [0, 0.1) is 6.92 Å². The van der Waals surface area contributed by atoms with Gasteiger partial charge in [-0.05, 0) is 44.0 Å². The van der Waals surface area contributed by atoms with Gasteiger partial charge in [0.05, 0.1) is 12.2 Å². The van der Waals surface area contributed by atoms with Crippen molar-refractivity contribution < 1.29 is 4.79 Å². The number of aryl methyl sites for hydroxylation is 1. The lowest BCUT2D eigenvalue weighted by Gasteiger charge is -2.12. The molecule has 8 heteroatoms. The molecule has 7 nitrogen and oxygen atoms in total. The topological polar surface area (TPSA) is 75.1 Å². The lowest BCUT2D eigenvalue weighted by molar-refractivity contribution is 0.251. The predicted molar refractivity (Wildman–Crippen MR) is 108 cm³/mol. The van der Waals surface area contributed by atoms with Crippen LogP contribution in [0.5, 0.6) is 0 Å². The van der Waals surface area contributed by atoms with Crippen molar-refractivity contribution in [3.63, 3.8) is 0 Å². The Kier molecular flexibility index (Phi) is 5.06. The predicted octanol–water partition coefficient (Wildman–Crippen LogP) is 3.56. The zero-order valence-corrected chi connectivity index (χ0v) is 16.0. The van der Waals surface area contributed by atoms with Gasteiger partial charge in [0.1, 0.15) is 5.82 Å². The first-order chi connectivity index (χ1) is 13.2. The van der Waals surface area contributed by atoms with Crippen LogP contribution in [0.3, 0.4) is 0 Å². The van der Waals surface area contributed by atoms with E-state index in [-0.39, 0.29) is 6.03 Å². The Labute approximate surface area is 162 Å². The van der Waals surface area contributed by atoms with E-state index in [1.165, 1.54) is 12.8 Å². The second kappa shape index (κ2) is 7.79. The summed E-state index contributed by atoms with van der Waals surface area (Å²) in [6, 6.07) is 7.42. The van der Waals surface area contributed by atoms with E-state index in [0.717, 1.165) is 41.1 Å². The summed E-state index contributed by atoms with van der Waals surface area (Å²) in [6.07, 6.45) is 6.14. The van der Waals surface area contributed by atoms with Crippen molar-refractivity contribution in [1.82, 2.24) is 19.9 Å². The maximum atomic E-state index is 12.1. The third-order valence-corrected chi connectivity index (χ3v) is 5.53. The van der Waals surface area contributed by atoms with E-state index in [4.69, 9.17) is 0 Å². The van der Waals surface area contributed by atoms with Gasteiger partial charge in [0.2, 0.25) is 0 Å². The second-order valence-corrected chi connectivity index (χ2v) is 7.35. The molecule has 0 aliphatic carbocycles. The van der Waals surface area contributed by atoms with Crippen LogP contribution in [0.1, 0.15) is 24.4 Å². The van der Waals surface area contributed by atoms with Gasteiger partial charge in [0.15, 0.2) is 5.13 Å². The molecule has 1 fully saturated rings. The van der Waals surface area contributed by atoms with Crippen molar-refractivity contribution >= 4 is 28.2 Å². The minimum Gasteiger partial charge on any atom is -0.348 e. The number of anilines is 2. The number of nitrogens with zero attached hydrogens (tertiary/aromatic N) is 4. The van der Waals surface area contributed by atoms with Crippen molar-refractivity contribution in [1.29, 1.82) is 0 Å². The maximum absolute atomic E-state index is 12.1. The zero-order valence-electron chi connectivity index (χ0n) is 15.2. The summed E-state index contributed by atoms with van der Waals surface area (Å²) in [5.41, 5.74) is 2.64. The van der Waals surface area contributed by atoms with E-state index in [0.29, 0.717) is 6.54 Å². The Morgan fingerprint density at radius 2 is 2.00 bits per heavy atom. The summed E-state index contributed by atoms with van der Waals surface area (Å²) in [7, 11) is 0. The third kappa shape index (κ3) is 4.11. The number of carbonyl (C=O) groups excluding carboxylic acids is 1. The van der Waals surface area contributed by atoms with E-state index >= 15 is 0 Å². The van der Waals surface area contributed by atoms with Gasteiger partial charge in [-0.15, -0.1) is 11.3 Å². The van der Waals surface area contributed by atoms with E-state index in [1.54, 1.807) is 17.5 Å². The highest BCUT2D eigenvalue weighted by Crippen LogP contribution is 2.24. The molecule has 0 spiro atoms. The molecule has 1 aliphatic rings. The van der Waals surface area contributed by atoms with Crippen LogP contribution in [-0.4, -0.2) is 33.7 Å². The van der Waals surface area contributed by atoms with Gasteiger partial charge in [0.25, 0.3) is 0 Å². The normalized spacial score (nSPS) is 13.7. The Morgan fingerprint density at radius 3 is 2.70 bits per heavy atom. The van der Waals surface area contributed by atoms with Crippen molar-refractivity contribution in [2.24, 2.45) is 0 Å². The zero-order chi connectivity index (χ0) is 18.6. The van der Waals surface area contributed by atoms with Gasteiger partial charge in [-0.3, -0.25) is 0 Å². The maximum Gasteiger partial charge on any atom is 0.319 e. The van der Waals surface area contributed by atoms with Gasteiger partial charge in [0, 0.05) is 42.2 Å². The van der Waals surface area contributed by atoms with E-state index in [1.807, 2.05) is 47.3 Å². The van der Waals surface area contributed by atoms with Crippen LogP contribution in [0.15, 0.2) is 42.0 Å². The number of thiazole rings is 1. The van der Waals surface area contributed by atoms with Crippen LogP contribution in [0.25, 0.3) is 5.69 Å². The van der Waals surface area contributed by atoms with Crippen molar-refractivity contribution in [2.75, 3.05) is 23.3 Å². The average molecular weight is 382 g/mol. The van der Waals surface area contributed by atoms with Gasteiger partial charge < -0.3 is 20.1 Å². The highest BCUT2D eigenvalue weighted by Gasteiger charge is 2.15. The number of nitrogens with one attached hydrogen (secondary N) is 2. The largest absolute Gasteiger partial charge is 0.348 e. The minimum absolute atomic E-state index is 0.239. The van der Waals surface area contributed by atoms with Gasteiger partial charge in [-0.25, -0.2) is 14.8 Å². The molecule has 0 unspecified atom stereocenters. The fourth-order valence-electron chi connectivity index (χ4n) is 3.13. The molecule has 3 aromatic rings. The molecule has 3 heterocycles. The van der Waals surface area contributed by atoms with Gasteiger partial charge in [-0.1, -0.05) is 0 Å². The minimum atomic E-state index is -0.239. The number of urea groups is 1.